The van der Waals surface area contributed by atoms with Crippen LogP contribution in [0.3, 0.4) is 0 Å². The highest BCUT2D eigenvalue weighted by molar-refractivity contribution is 5.94. The van der Waals surface area contributed by atoms with Crippen molar-refractivity contribution in [2.75, 3.05) is 36.5 Å². The number of nitrogens with zero attached hydrogens (tertiary/aromatic N) is 3. The minimum Gasteiger partial charge on any atom is -0.466 e. The fourth-order valence-corrected chi connectivity index (χ4v) is 5.78. The van der Waals surface area contributed by atoms with Gasteiger partial charge in [0.25, 0.3) is 0 Å². The molecule has 0 amide bonds. The summed E-state index contributed by atoms with van der Waals surface area (Å²) in [4.78, 5) is 32.0. The van der Waals surface area contributed by atoms with Crippen LogP contribution in [0.15, 0.2) is 42.5 Å². The zero-order valence-corrected chi connectivity index (χ0v) is 27.3. The van der Waals surface area contributed by atoms with E-state index >= 15 is 0 Å². The zero-order valence-electron chi connectivity index (χ0n) is 27.3. The zero-order chi connectivity index (χ0) is 36.3. The molecule has 0 radical (unpaired) electrons. The SMILES string of the molecule is CCOC(=O)CC1CCN(c2cc(-c3ccc(F)cc3C)c(NCC(=O)C(C)(C)c3cc(C(F)(F)F)cc(C(F)(F)F)c3)c(C#N)n2)CC1. The molecule has 1 aromatic heterocycles. The van der Waals surface area contributed by atoms with Crippen molar-refractivity contribution in [2.24, 2.45) is 5.92 Å². The number of ether oxygens (including phenoxy) is 1. The maximum Gasteiger partial charge on any atom is 0.416 e. The third kappa shape index (κ3) is 8.68. The number of benzene rings is 2. The number of carbonyl (C=O) groups is 2. The third-order valence-corrected chi connectivity index (χ3v) is 8.72. The molecule has 0 saturated carbocycles. The van der Waals surface area contributed by atoms with E-state index in [4.69, 9.17) is 4.74 Å². The number of aryl methyl sites for hydroxylation is 1. The standard InChI is InChI=1S/C35H35F7N4O3/c1-5-49-31(48)13-21-8-10-46(11-9-21)30-17-27(26-7-6-25(36)12-20(26)2)32(28(18-43)45-30)44-19-29(47)33(3,4)22-14-23(34(37,38)39)16-24(15-22)35(40,41)42/h6-7,12,14-17,21,44H,5,8-11,13,19H2,1-4H3. The Morgan fingerprint density at radius 1 is 0.959 bits per heavy atom. The number of esters is 1. The number of hydrogen-bond acceptors (Lipinski definition) is 7. The van der Waals surface area contributed by atoms with Gasteiger partial charge in [0.2, 0.25) is 0 Å². The number of ketones is 1. The number of pyridine rings is 1. The monoisotopic (exact) mass is 692 g/mol. The van der Waals surface area contributed by atoms with E-state index in [0.717, 1.165) is 0 Å². The van der Waals surface area contributed by atoms with E-state index < -0.39 is 52.6 Å². The van der Waals surface area contributed by atoms with Gasteiger partial charge in [-0.3, -0.25) is 9.59 Å². The van der Waals surface area contributed by atoms with Crippen LogP contribution >= 0.6 is 0 Å². The van der Waals surface area contributed by atoms with E-state index in [-0.39, 0.29) is 42.4 Å². The van der Waals surface area contributed by atoms with Gasteiger partial charge in [0.1, 0.15) is 17.7 Å². The maximum atomic E-state index is 14.1. The van der Waals surface area contributed by atoms with Gasteiger partial charge in [-0.1, -0.05) is 6.07 Å². The van der Waals surface area contributed by atoms with E-state index in [2.05, 4.69) is 10.3 Å². The average molecular weight is 693 g/mol. The summed E-state index contributed by atoms with van der Waals surface area (Å²) in [6, 6.07) is 8.72. The normalized spacial score (nSPS) is 14.4. The Balaban J connectivity index is 1.68. The highest BCUT2D eigenvalue weighted by Crippen LogP contribution is 2.40. The molecule has 14 heteroatoms. The molecule has 0 spiro atoms. The number of rotatable bonds is 10. The Kier molecular flexibility index (Phi) is 10.9. The third-order valence-electron chi connectivity index (χ3n) is 8.72. The van der Waals surface area contributed by atoms with Crippen molar-refractivity contribution in [2.45, 2.75) is 64.7 Å². The second kappa shape index (κ2) is 14.4. The molecule has 49 heavy (non-hydrogen) atoms. The number of hydrogen-bond donors (Lipinski definition) is 1. The predicted molar refractivity (Wildman–Crippen MR) is 168 cm³/mol. The number of carbonyl (C=O) groups excluding carboxylic acids is 2. The van der Waals surface area contributed by atoms with Crippen molar-refractivity contribution in [3.05, 3.63) is 76.2 Å². The molecule has 1 aliphatic heterocycles. The van der Waals surface area contributed by atoms with E-state index in [1.807, 2.05) is 11.0 Å². The van der Waals surface area contributed by atoms with Crippen LogP contribution in [0.1, 0.15) is 68.0 Å². The Morgan fingerprint density at radius 3 is 2.08 bits per heavy atom. The maximum absolute atomic E-state index is 14.1. The lowest BCUT2D eigenvalue weighted by Crippen LogP contribution is -2.36. The Bertz CT molecular complexity index is 1720. The summed E-state index contributed by atoms with van der Waals surface area (Å²) in [6.07, 6.45) is -8.60. The number of anilines is 2. The van der Waals surface area contributed by atoms with Gasteiger partial charge in [0, 0.05) is 25.1 Å². The molecule has 1 aliphatic rings. The summed E-state index contributed by atoms with van der Waals surface area (Å²) in [5.41, 5.74) is -4.07. The first-order valence-corrected chi connectivity index (χ1v) is 15.5. The lowest BCUT2D eigenvalue weighted by Gasteiger charge is -2.33. The minimum absolute atomic E-state index is 0.00504. The molecule has 7 nitrogen and oxygen atoms in total. The number of aromatic nitrogens is 1. The van der Waals surface area contributed by atoms with Gasteiger partial charge in [-0.25, -0.2) is 9.37 Å². The van der Waals surface area contributed by atoms with Crippen LogP contribution in [0.5, 0.6) is 0 Å². The van der Waals surface area contributed by atoms with Crippen molar-refractivity contribution in [1.82, 2.24) is 4.98 Å². The van der Waals surface area contributed by atoms with Gasteiger partial charge >= 0.3 is 18.3 Å². The molecule has 2 heterocycles. The largest absolute Gasteiger partial charge is 0.466 e. The van der Waals surface area contributed by atoms with Crippen LogP contribution in [0.25, 0.3) is 11.1 Å². The molecule has 0 bridgehead atoms. The Morgan fingerprint density at radius 2 is 1.55 bits per heavy atom. The molecule has 1 N–H and O–H groups in total. The second-order valence-corrected chi connectivity index (χ2v) is 12.5. The van der Waals surface area contributed by atoms with Gasteiger partial charge in [-0.15, -0.1) is 0 Å². The van der Waals surface area contributed by atoms with Crippen molar-refractivity contribution < 1.29 is 45.1 Å². The average Bonchev–Trinajstić information content (AvgIpc) is 3.02. The highest BCUT2D eigenvalue weighted by atomic mass is 19.4. The molecule has 262 valence electrons. The number of halogens is 7. The smallest absolute Gasteiger partial charge is 0.416 e. The van der Waals surface area contributed by atoms with E-state index in [9.17, 15) is 45.6 Å². The van der Waals surface area contributed by atoms with Crippen molar-refractivity contribution in [3.8, 4) is 17.2 Å². The first-order valence-electron chi connectivity index (χ1n) is 15.5. The van der Waals surface area contributed by atoms with Crippen LogP contribution in [0.2, 0.25) is 0 Å². The predicted octanol–water partition coefficient (Wildman–Crippen LogP) is 8.23. The molecule has 1 fully saturated rings. The van der Waals surface area contributed by atoms with Gasteiger partial charge in [-0.05, 0) is 99.5 Å². The number of nitriles is 1. The fourth-order valence-electron chi connectivity index (χ4n) is 5.78. The summed E-state index contributed by atoms with van der Waals surface area (Å²) in [6.45, 7) is 6.55. The first kappa shape index (κ1) is 37.2. The van der Waals surface area contributed by atoms with E-state index in [1.54, 1.807) is 19.9 Å². The number of Topliss-reactive ketones (excluding diaryl/α,β-unsaturated/α-hetero) is 1. The summed E-state index contributed by atoms with van der Waals surface area (Å²) in [5.74, 6) is -1.03. The summed E-state index contributed by atoms with van der Waals surface area (Å²) in [7, 11) is 0. The molecule has 0 unspecified atom stereocenters. The van der Waals surface area contributed by atoms with Gasteiger partial charge in [-0.2, -0.15) is 31.6 Å². The first-order chi connectivity index (χ1) is 22.8. The summed E-state index contributed by atoms with van der Waals surface area (Å²) in [5, 5.41) is 13.0. The summed E-state index contributed by atoms with van der Waals surface area (Å²) < 4.78 is 101. The van der Waals surface area contributed by atoms with Gasteiger partial charge in [0.15, 0.2) is 11.5 Å². The van der Waals surface area contributed by atoms with Crippen LogP contribution < -0.4 is 10.2 Å². The molecule has 3 aromatic rings. The van der Waals surface area contributed by atoms with Crippen LogP contribution in [-0.4, -0.2) is 43.0 Å². The molecule has 2 aromatic carbocycles. The molecule has 1 saturated heterocycles. The van der Waals surface area contributed by atoms with Gasteiger partial charge < -0.3 is 15.0 Å². The molecular formula is C35H35F7N4O3. The fraction of sp³-hybridized carbons (Fsp3) is 0.429. The number of alkyl halides is 6. The van der Waals surface area contributed by atoms with Crippen LogP contribution in [0, 0.1) is 30.0 Å². The lowest BCUT2D eigenvalue weighted by atomic mass is 9.79. The van der Waals surface area contributed by atoms with Crippen molar-refractivity contribution >= 4 is 23.3 Å². The van der Waals surface area contributed by atoms with E-state index in [1.165, 1.54) is 32.0 Å². The molecule has 0 atom stereocenters. The quantitative estimate of drug-likeness (QED) is 0.169. The second-order valence-electron chi connectivity index (χ2n) is 12.5. The number of piperidine rings is 1. The molecule has 4 rings (SSSR count). The molecular weight excluding hydrogens is 657 g/mol. The summed E-state index contributed by atoms with van der Waals surface area (Å²) >= 11 is 0. The topological polar surface area (TPSA) is 95.3 Å². The van der Waals surface area contributed by atoms with Crippen LogP contribution in [-0.2, 0) is 32.1 Å². The van der Waals surface area contributed by atoms with Crippen LogP contribution in [0.4, 0.5) is 42.2 Å². The minimum atomic E-state index is -5.10. The Hall–Kier alpha value is -4.67. The molecule has 0 aliphatic carbocycles. The van der Waals surface area contributed by atoms with E-state index in [0.29, 0.717) is 60.6 Å². The lowest BCUT2D eigenvalue weighted by molar-refractivity contribution is -0.145. The van der Waals surface area contributed by atoms with Gasteiger partial charge in [0.05, 0.1) is 35.4 Å². The van der Waals surface area contributed by atoms with Crippen molar-refractivity contribution in [3.63, 3.8) is 0 Å². The Labute approximate surface area is 279 Å². The number of nitrogens with one attached hydrogen (secondary N) is 1. The van der Waals surface area contributed by atoms with Crippen molar-refractivity contribution in [1.29, 1.82) is 5.26 Å². The highest BCUT2D eigenvalue weighted by Gasteiger charge is 2.40.